The Kier molecular flexibility index (Phi) is 2.26. The van der Waals surface area contributed by atoms with Crippen molar-refractivity contribution >= 4 is 0 Å². The molecule has 0 heterocycles. The zero-order chi connectivity index (χ0) is 10.3. The molecule has 2 aliphatic rings. The highest BCUT2D eigenvalue weighted by atomic mass is 14.9. The predicted molar refractivity (Wildman–Crippen MR) is 60.9 cm³/mol. The Morgan fingerprint density at radius 2 is 2.29 bits per heavy atom. The molecule has 0 aromatic carbocycles. The van der Waals surface area contributed by atoms with Gasteiger partial charge in [-0.1, -0.05) is 25.7 Å². The molecule has 0 bridgehead atoms. The van der Waals surface area contributed by atoms with Gasteiger partial charge in [0.05, 0.1) is 0 Å². The molecule has 1 saturated carbocycles. The zero-order valence-electron chi connectivity index (χ0n) is 9.19. The van der Waals surface area contributed by atoms with Crippen molar-refractivity contribution < 1.29 is 0 Å². The fourth-order valence-electron chi connectivity index (χ4n) is 2.43. The number of fused-ring (bicyclic) bond motifs is 1. The van der Waals surface area contributed by atoms with Gasteiger partial charge in [-0.15, -0.1) is 0 Å². The van der Waals surface area contributed by atoms with Gasteiger partial charge in [0, 0.05) is 11.7 Å². The standard InChI is InChI=1S/C13H19N/c1-5-9(3)14-10(4)13-8(2)6-11-7-12(11)13/h10-11,14H,2-3,5-7H2,1,4H3/t10-,11?/m1/s1. The van der Waals surface area contributed by atoms with E-state index < -0.39 is 0 Å². The third kappa shape index (κ3) is 1.52. The SMILES string of the molecule is C=C(CC)N[C@H](C)C1=C2CC2CC1=C. The zero-order valence-corrected chi connectivity index (χ0v) is 9.19. The van der Waals surface area contributed by atoms with Crippen molar-refractivity contribution in [1.29, 1.82) is 0 Å². The number of rotatable bonds is 4. The molecule has 0 spiro atoms. The molecule has 76 valence electrons. The van der Waals surface area contributed by atoms with Crippen molar-refractivity contribution in [3.63, 3.8) is 0 Å². The lowest BCUT2D eigenvalue weighted by Gasteiger charge is -2.19. The lowest BCUT2D eigenvalue weighted by atomic mass is 10.0. The van der Waals surface area contributed by atoms with Gasteiger partial charge in [0.1, 0.15) is 0 Å². The molecule has 0 radical (unpaired) electrons. The van der Waals surface area contributed by atoms with Gasteiger partial charge in [-0.25, -0.2) is 0 Å². The highest BCUT2D eigenvalue weighted by Gasteiger charge is 2.41. The van der Waals surface area contributed by atoms with Crippen LogP contribution in [0.1, 0.15) is 33.1 Å². The molecule has 0 amide bonds. The topological polar surface area (TPSA) is 12.0 Å². The van der Waals surface area contributed by atoms with Crippen molar-refractivity contribution in [3.8, 4) is 0 Å². The van der Waals surface area contributed by atoms with Gasteiger partial charge in [-0.2, -0.15) is 0 Å². The van der Waals surface area contributed by atoms with Crippen molar-refractivity contribution in [1.82, 2.24) is 5.32 Å². The summed E-state index contributed by atoms with van der Waals surface area (Å²) < 4.78 is 0. The Balaban J connectivity index is 2.05. The summed E-state index contributed by atoms with van der Waals surface area (Å²) in [6.45, 7) is 12.5. The fraction of sp³-hybridized carbons (Fsp3) is 0.538. The maximum Gasteiger partial charge on any atom is 0.0484 e. The number of nitrogens with one attached hydrogen (secondary N) is 1. The number of hydrogen-bond donors (Lipinski definition) is 1. The van der Waals surface area contributed by atoms with Crippen LogP contribution in [0.5, 0.6) is 0 Å². The van der Waals surface area contributed by atoms with Crippen LogP contribution in [0.25, 0.3) is 0 Å². The second kappa shape index (κ2) is 3.30. The summed E-state index contributed by atoms with van der Waals surface area (Å²) >= 11 is 0. The Morgan fingerprint density at radius 1 is 1.57 bits per heavy atom. The van der Waals surface area contributed by atoms with Crippen molar-refractivity contribution in [2.24, 2.45) is 5.92 Å². The summed E-state index contributed by atoms with van der Waals surface area (Å²) in [5, 5.41) is 3.45. The molecular formula is C13H19N. The van der Waals surface area contributed by atoms with Crippen LogP contribution in [0.3, 0.4) is 0 Å². The van der Waals surface area contributed by atoms with E-state index >= 15 is 0 Å². The maximum atomic E-state index is 4.14. The highest BCUT2D eigenvalue weighted by Crippen LogP contribution is 2.53. The maximum absolute atomic E-state index is 4.14. The second-order valence-corrected chi connectivity index (χ2v) is 4.47. The minimum absolute atomic E-state index is 0.414. The smallest absolute Gasteiger partial charge is 0.0484 e. The first kappa shape index (κ1) is 9.57. The Morgan fingerprint density at radius 3 is 2.79 bits per heavy atom. The quantitative estimate of drug-likeness (QED) is 0.716. The fourth-order valence-corrected chi connectivity index (χ4v) is 2.43. The third-order valence-corrected chi connectivity index (χ3v) is 3.30. The largest absolute Gasteiger partial charge is 0.382 e. The van der Waals surface area contributed by atoms with Crippen LogP contribution in [-0.4, -0.2) is 6.04 Å². The average molecular weight is 189 g/mol. The molecule has 1 unspecified atom stereocenters. The van der Waals surface area contributed by atoms with Crippen LogP contribution < -0.4 is 5.32 Å². The van der Waals surface area contributed by atoms with Crippen LogP contribution in [-0.2, 0) is 0 Å². The number of hydrogen-bond acceptors (Lipinski definition) is 1. The molecule has 1 N–H and O–H groups in total. The van der Waals surface area contributed by atoms with Crippen LogP contribution in [0.15, 0.2) is 35.6 Å². The van der Waals surface area contributed by atoms with E-state index in [1.807, 2.05) is 0 Å². The van der Waals surface area contributed by atoms with E-state index in [1.165, 1.54) is 24.0 Å². The Labute approximate surface area is 86.6 Å². The first-order valence-corrected chi connectivity index (χ1v) is 5.48. The summed E-state index contributed by atoms with van der Waals surface area (Å²) in [7, 11) is 0. The second-order valence-electron chi connectivity index (χ2n) is 4.47. The van der Waals surface area contributed by atoms with Gasteiger partial charge < -0.3 is 5.32 Å². The van der Waals surface area contributed by atoms with Crippen molar-refractivity contribution in [3.05, 3.63) is 35.6 Å². The van der Waals surface area contributed by atoms with Gasteiger partial charge in [0.15, 0.2) is 0 Å². The van der Waals surface area contributed by atoms with E-state index in [-0.39, 0.29) is 0 Å². The Bertz CT molecular complexity index is 322. The molecule has 0 saturated heterocycles. The van der Waals surface area contributed by atoms with Crippen molar-refractivity contribution in [2.75, 3.05) is 0 Å². The molecule has 1 nitrogen and oxygen atoms in total. The van der Waals surface area contributed by atoms with Crippen molar-refractivity contribution in [2.45, 2.75) is 39.2 Å². The summed E-state index contributed by atoms with van der Waals surface area (Å²) in [5.74, 6) is 0.858. The van der Waals surface area contributed by atoms with Gasteiger partial charge in [0.2, 0.25) is 0 Å². The lowest BCUT2D eigenvalue weighted by Crippen LogP contribution is -2.27. The molecular weight excluding hydrogens is 170 g/mol. The van der Waals surface area contributed by atoms with E-state index in [9.17, 15) is 0 Å². The average Bonchev–Trinajstić information content (AvgIpc) is 2.77. The molecule has 2 aliphatic carbocycles. The van der Waals surface area contributed by atoms with E-state index in [2.05, 4.69) is 32.3 Å². The highest BCUT2D eigenvalue weighted by molar-refractivity contribution is 5.52. The van der Waals surface area contributed by atoms with Gasteiger partial charge in [0.25, 0.3) is 0 Å². The molecule has 2 rings (SSSR count). The van der Waals surface area contributed by atoms with Crippen LogP contribution in [0.4, 0.5) is 0 Å². The summed E-state index contributed by atoms with van der Waals surface area (Å²) in [6.07, 6.45) is 3.52. The Hall–Kier alpha value is -0.980. The minimum atomic E-state index is 0.414. The molecule has 2 atom stereocenters. The van der Waals surface area contributed by atoms with E-state index in [0.29, 0.717) is 6.04 Å². The van der Waals surface area contributed by atoms with Crippen LogP contribution in [0, 0.1) is 5.92 Å². The summed E-state index contributed by atoms with van der Waals surface area (Å²) in [5.41, 5.74) is 5.62. The molecule has 0 aromatic rings. The lowest BCUT2D eigenvalue weighted by molar-refractivity contribution is 0.677. The predicted octanol–water partition coefficient (Wildman–Crippen LogP) is 3.16. The molecule has 1 heteroatoms. The van der Waals surface area contributed by atoms with E-state index in [1.54, 1.807) is 5.57 Å². The molecule has 0 aliphatic heterocycles. The summed E-state index contributed by atoms with van der Waals surface area (Å²) in [4.78, 5) is 0. The number of allylic oxidation sites excluding steroid dienone is 2. The van der Waals surface area contributed by atoms with Gasteiger partial charge in [-0.3, -0.25) is 0 Å². The van der Waals surface area contributed by atoms with Crippen LogP contribution in [0.2, 0.25) is 0 Å². The van der Waals surface area contributed by atoms with Gasteiger partial charge in [-0.05, 0) is 43.3 Å². The first-order valence-electron chi connectivity index (χ1n) is 5.48. The molecule has 1 fully saturated rings. The van der Waals surface area contributed by atoms with Crippen LogP contribution >= 0.6 is 0 Å². The van der Waals surface area contributed by atoms with Gasteiger partial charge >= 0.3 is 0 Å². The first-order chi connectivity index (χ1) is 6.63. The summed E-state index contributed by atoms with van der Waals surface area (Å²) in [6, 6.07) is 0.414. The minimum Gasteiger partial charge on any atom is -0.382 e. The molecule has 14 heavy (non-hydrogen) atoms. The molecule has 0 aromatic heterocycles. The third-order valence-electron chi connectivity index (χ3n) is 3.30. The van der Waals surface area contributed by atoms with E-state index in [0.717, 1.165) is 18.0 Å². The van der Waals surface area contributed by atoms with E-state index in [4.69, 9.17) is 0 Å². The normalized spacial score (nSPS) is 26.1. The monoisotopic (exact) mass is 189 g/mol.